The van der Waals surface area contributed by atoms with Crippen molar-refractivity contribution in [3.63, 3.8) is 0 Å². The van der Waals surface area contributed by atoms with Gasteiger partial charge in [-0.2, -0.15) is 0 Å². The number of nitrogens with zero attached hydrogens (tertiary/aromatic N) is 2. The zero-order chi connectivity index (χ0) is 20.1. The fraction of sp³-hybridized carbons (Fsp3) is 0.0690. The fourth-order valence-corrected chi connectivity index (χ4v) is 5.90. The van der Waals surface area contributed by atoms with Crippen LogP contribution in [0.25, 0.3) is 49.6 Å². The van der Waals surface area contributed by atoms with Crippen molar-refractivity contribution in [2.24, 2.45) is 0 Å². The molecular weight excluding hydrogens is 376 g/mol. The van der Waals surface area contributed by atoms with Crippen LogP contribution in [0.15, 0.2) is 85.2 Å². The second-order valence-corrected chi connectivity index (χ2v) is 8.87. The average Bonchev–Trinajstić information content (AvgIpc) is 3.51. The predicted molar refractivity (Wildman–Crippen MR) is 127 cm³/mol. The van der Waals surface area contributed by atoms with Gasteiger partial charge < -0.3 is 0 Å². The number of aromatic nitrogens is 2. The van der Waals surface area contributed by atoms with Gasteiger partial charge in [-0.3, -0.25) is 4.40 Å². The number of rotatable bonds is 0. The van der Waals surface area contributed by atoms with Crippen molar-refractivity contribution in [2.75, 3.05) is 0 Å². The number of benzene rings is 4. The molecule has 0 saturated carbocycles. The van der Waals surface area contributed by atoms with Crippen molar-refractivity contribution in [1.82, 2.24) is 9.38 Å². The number of para-hydroxylation sites is 1. The molecule has 2 heteroatoms. The van der Waals surface area contributed by atoms with Gasteiger partial charge in [-0.15, -0.1) is 0 Å². The fourth-order valence-electron chi connectivity index (χ4n) is 5.90. The van der Waals surface area contributed by atoms with Crippen LogP contribution in [-0.4, -0.2) is 9.38 Å². The second-order valence-electron chi connectivity index (χ2n) is 8.87. The molecule has 4 aromatic carbocycles. The standard InChI is InChI=1S/C29H18N2/c1-2-6-21-17(5-1)11-18-12-19-13-20-14-27-26(16-25(20)24(19)15-23(18)21)22-7-3-4-8-28(22)31-10-9-30-29(27)31/h1-10,12,14-16H,11,13H2. The number of hydrogen-bond donors (Lipinski definition) is 0. The lowest BCUT2D eigenvalue weighted by atomic mass is 9.96. The van der Waals surface area contributed by atoms with E-state index in [1.807, 2.05) is 6.20 Å². The summed E-state index contributed by atoms with van der Waals surface area (Å²) in [5, 5.41) is 3.82. The lowest BCUT2D eigenvalue weighted by Gasteiger charge is -2.11. The van der Waals surface area contributed by atoms with Crippen LogP contribution in [0.5, 0.6) is 0 Å². The Balaban J connectivity index is 1.45. The first-order chi connectivity index (χ1) is 15.3. The van der Waals surface area contributed by atoms with Crippen LogP contribution >= 0.6 is 0 Å². The summed E-state index contributed by atoms with van der Waals surface area (Å²) in [4.78, 5) is 4.71. The van der Waals surface area contributed by atoms with Gasteiger partial charge in [-0.25, -0.2) is 4.98 Å². The van der Waals surface area contributed by atoms with E-state index in [-0.39, 0.29) is 0 Å². The SMILES string of the molecule is c1ccc2c(c1)Cc1cc3c(cc1-2)-c1cc2c4ccccc4n4ccnc4c2cc1C3. The second kappa shape index (κ2) is 5.41. The lowest BCUT2D eigenvalue weighted by molar-refractivity contribution is 1.21. The third kappa shape index (κ3) is 1.95. The van der Waals surface area contributed by atoms with Gasteiger partial charge in [0.15, 0.2) is 0 Å². The quantitative estimate of drug-likeness (QED) is 0.259. The molecule has 0 fully saturated rings. The van der Waals surface area contributed by atoms with Crippen molar-refractivity contribution >= 4 is 27.3 Å². The first-order valence-electron chi connectivity index (χ1n) is 10.9. The maximum atomic E-state index is 4.71. The number of hydrogen-bond acceptors (Lipinski definition) is 1. The molecule has 0 atom stereocenters. The van der Waals surface area contributed by atoms with Crippen molar-refractivity contribution in [3.05, 3.63) is 107 Å². The van der Waals surface area contributed by atoms with Crippen LogP contribution in [0.2, 0.25) is 0 Å². The molecule has 0 radical (unpaired) electrons. The third-order valence-corrected chi connectivity index (χ3v) is 7.27. The molecule has 0 spiro atoms. The van der Waals surface area contributed by atoms with Gasteiger partial charge in [-0.1, -0.05) is 48.5 Å². The molecule has 6 aromatic rings. The van der Waals surface area contributed by atoms with E-state index in [0.717, 1.165) is 18.5 Å². The molecule has 144 valence electrons. The maximum Gasteiger partial charge on any atom is 0.145 e. The van der Waals surface area contributed by atoms with E-state index in [4.69, 9.17) is 4.98 Å². The highest BCUT2D eigenvalue weighted by Crippen LogP contribution is 2.46. The Bertz CT molecular complexity index is 1740. The normalized spacial score (nSPS) is 13.5. The topological polar surface area (TPSA) is 17.3 Å². The summed E-state index contributed by atoms with van der Waals surface area (Å²) in [6, 6.07) is 27.2. The third-order valence-electron chi connectivity index (χ3n) is 7.27. The Kier molecular flexibility index (Phi) is 2.77. The maximum absolute atomic E-state index is 4.71. The van der Waals surface area contributed by atoms with E-state index >= 15 is 0 Å². The van der Waals surface area contributed by atoms with Crippen molar-refractivity contribution in [3.8, 4) is 22.3 Å². The van der Waals surface area contributed by atoms with E-state index in [1.165, 1.54) is 66.2 Å². The van der Waals surface area contributed by atoms with Gasteiger partial charge in [-0.05, 0) is 87.0 Å². The highest BCUT2D eigenvalue weighted by Gasteiger charge is 2.26. The molecular formula is C29H18N2. The molecule has 2 aliphatic rings. The van der Waals surface area contributed by atoms with E-state index in [2.05, 4.69) is 83.4 Å². The molecule has 0 saturated heterocycles. The summed E-state index contributed by atoms with van der Waals surface area (Å²) in [7, 11) is 0. The van der Waals surface area contributed by atoms with Gasteiger partial charge in [0.1, 0.15) is 5.65 Å². The van der Waals surface area contributed by atoms with Gasteiger partial charge in [0.05, 0.1) is 5.52 Å². The summed E-state index contributed by atoms with van der Waals surface area (Å²) in [5.74, 6) is 0. The molecule has 0 N–H and O–H groups in total. The van der Waals surface area contributed by atoms with Crippen LogP contribution < -0.4 is 0 Å². The predicted octanol–water partition coefficient (Wildman–Crippen LogP) is 6.78. The van der Waals surface area contributed by atoms with E-state index in [9.17, 15) is 0 Å². The highest BCUT2D eigenvalue weighted by atomic mass is 15.0. The first kappa shape index (κ1) is 15.9. The molecule has 31 heavy (non-hydrogen) atoms. The zero-order valence-corrected chi connectivity index (χ0v) is 16.9. The molecule has 8 rings (SSSR count). The number of imidazole rings is 1. The average molecular weight is 394 g/mol. The van der Waals surface area contributed by atoms with Crippen molar-refractivity contribution in [2.45, 2.75) is 12.8 Å². The summed E-state index contributed by atoms with van der Waals surface area (Å²) >= 11 is 0. The molecule has 0 amide bonds. The molecule has 0 bridgehead atoms. The summed E-state index contributed by atoms with van der Waals surface area (Å²) in [6.45, 7) is 0. The Labute approximate surface area is 179 Å². The summed E-state index contributed by atoms with van der Waals surface area (Å²) < 4.78 is 2.22. The van der Waals surface area contributed by atoms with Gasteiger partial charge >= 0.3 is 0 Å². The number of pyridine rings is 1. The molecule has 2 aromatic heterocycles. The Morgan fingerprint density at radius 3 is 2.29 bits per heavy atom. The molecule has 2 aliphatic carbocycles. The zero-order valence-electron chi connectivity index (χ0n) is 16.9. The van der Waals surface area contributed by atoms with Crippen LogP contribution in [0.1, 0.15) is 22.3 Å². The Morgan fingerprint density at radius 1 is 0.581 bits per heavy atom. The number of fused-ring (bicyclic) bond motifs is 12. The largest absolute Gasteiger partial charge is 0.299 e. The lowest BCUT2D eigenvalue weighted by Crippen LogP contribution is -1.92. The minimum absolute atomic E-state index is 1.00. The minimum atomic E-state index is 1.00. The van der Waals surface area contributed by atoms with Crippen LogP contribution in [0, 0.1) is 0 Å². The van der Waals surface area contributed by atoms with E-state index in [1.54, 1.807) is 0 Å². The first-order valence-corrected chi connectivity index (χ1v) is 10.9. The Morgan fingerprint density at radius 2 is 1.32 bits per heavy atom. The van der Waals surface area contributed by atoms with E-state index in [0.29, 0.717) is 0 Å². The summed E-state index contributed by atoms with van der Waals surface area (Å²) in [6.07, 6.45) is 6.03. The van der Waals surface area contributed by atoms with E-state index < -0.39 is 0 Å². The molecule has 2 heterocycles. The minimum Gasteiger partial charge on any atom is -0.299 e. The van der Waals surface area contributed by atoms with Gasteiger partial charge in [0.25, 0.3) is 0 Å². The highest BCUT2D eigenvalue weighted by molar-refractivity contribution is 6.13. The molecule has 0 aliphatic heterocycles. The van der Waals surface area contributed by atoms with Crippen LogP contribution in [-0.2, 0) is 12.8 Å². The van der Waals surface area contributed by atoms with Crippen molar-refractivity contribution < 1.29 is 0 Å². The molecule has 2 nitrogen and oxygen atoms in total. The smallest absolute Gasteiger partial charge is 0.145 e. The summed E-state index contributed by atoms with van der Waals surface area (Å²) in [5.41, 5.74) is 13.7. The van der Waals surface area contributed by atoms with Gasteiger partial charge in [0, 0.05) is 23.2 Å². The monoisotopic (exact) mass is 394 g/mol. The van der Waals surface area contributed by atoms with Crippen molar-refractivity contribution in [1.29, 1.82) is 0 Å². The van der Waals surface area contributed by atoms with Gasteiger partial charge in [0.2, 0.25) is 0 Å². The molecule has 0 unspecified atom stereocenters. The van der Waals surface area contributed by atoms with Crippen LogP contribution in [0.4, 0.5) is 0 Å². The Hall–Kier alpha value is -3.91. The van der Waals surface area contributed by atoms with Crippen LogP contribution in [0.3, 0.4) is 0 Å².